The number of aryl methyl sites for hydroxylation is 2. The molecule has 0 aliphatic rings. The normalized spacial score (nSPS) is 11.5. The number of carbonyl (C=O) groups excluding carboxylic acids is 1. The monoisotopic (exact) mass is 340 g/mol. The van der Waals surface area contributed by atoms with E-state index < -0.39 is 28.3 Å². The van der Waals surface area contributed by atoms with Gasteiger partial charge in [0.2, 0.25) is 15.9 Å². The number of anilines is 1. The van der Waals surface area contributed by atoms with E-state index in [-0.39, 0.29) is 10.6 Å². The van der Waals surface area contributed by atoms with E-state index in [4.69, 9.17) is 0 Å². The number of aromatic nitrogens is 2. The lowest BCUT2D eigenvalue weighted by atomic mass is 10.3. The molecule has 2 N–H and O–H groups in total. The van der Waals surface area contributed by atoms with E-state index in [1.54, 1.807) is 20.9 Å². The van der Waals surface area contributed by atoms with Crippen molar-refractivity contribution in [1.82, 2.24) is 14.5 Å². The molecule has 0 atom stereocenters. The van der Waals surface area contributed by atoms with Crippen LogP contribution in [0.1, 0.15) is 11.4 Å². The zero-order valence-electron chi connectivity index (χ0n) is 12.9. The van der Waals surface area contributed by atoms with Gasteiger partial charge in [0, 0.05) is 12.7 Å². The van der Waals surface area contributed by atoms with Gasteiger partial charge in [0.1, 0.15) is 10.7 Å². The Morgan fingerprint density at radius 3 is 2.61 bits per heavy atom. The van der Waals surface area contributed by atoms with Crippen LogP contribution in [0.25, 0.3) is 0 Å². The fraction of sp³-hybridized carbons (Fsp3) is 0.286. The summed E-state index contributed by atoms with van der Waals surface area (Å²) < 4.78 is 41.3. The highest BCUT2D eigenvalue weighted by Gasteiger charge is 2.24. The van der Waals surface area contributed by atoms with E-state index in [2.05, 4.69) is 15.1 Å². The summed E-state index contributed by atoms with van der Waals surface area (Å²) >= 11 is 0. The number of nitrogens with one attached hydrogen (secondary N) is 2. The highest BCUT2D eigenvalue weighted by molar-refractivity contribution is 7.89. The summed E-state index contributed by atoms with van der Waals surface area (Å²) in [7, 11) is -2.23. The topological polar surface area (TPSA) is 93.1 Å². The van der Waals surface area contributed by atoms with E-state index in [1.807, 2.05) is 0 Å². The van der Waals surface area contributed by atoms with Crippen LogP contribution in [0.15, 0.2) is 29.2 Å². The van der Waals surface area contributed by atoms with Crippen molar-refractivity contribution in [2.24, 2.45) is 7.05 Å². The minimum atomic E-state index is -3.86. The minimum absolute atomic E-state index is 0.0542. The van der Waals surface area contributed by atoms with Crippen LogP contribution < -0.4 is 10.0 Å². The molecule has 2 rings (SSSR count). The van der Waals surface area contributed by atoms with Crippen LogP contribution in [0.2, 0.25) is 0 Å². The third-order valence-electron chi connectivity index (χ3n) is 3.24. The number of carbonyl (C=O) groups is 1. The molecule has 1 amide bonds. The first-order chi connectivity index (χ1) is 10.7. The van der Waals surface area contributed by atoms with E-state index in [9.17, 15) is 17.6 Å². The molecule has 1 heterocycles. The smallest absolute Gasteiger partial charge is 0.244 e. The minimum Gasteiger partial charge on any atom is -0.325 e. The molecule has 0 fully saturated rings. The molecule has 0 radical (unpaired) electrons. The number of rotatable bonds is 5. The number of hydrogen-bond donors (Lipinski definition) is 2. The third-order valence-corrected chi connectivity index (χ3v) is 4.90. The van der Waals surface area contributed by atoms with Crippen LogP contribution in [0.5, 0.6) is 0 Å². The Morgan fingerprint density at radius 2 is 2.04 bits per heavy atom. The first kappa shape index (κ1) is 17.1. The van der Waals surface area contributed by atoms with E-state index in [1.165, 1.54) is 22.9 Å². The second kappa shape index (κ2) is 6.47. The van der Waals surface area contributed by atoms with Gasteiger partial charge in [0.15, 0.2) is 0 Å². The molecule has 0 unspecified atom stereocenters. The van der Waals surface area contributed by atoms with Crippen molar-refractivity contribution in [3.8, 4) is 0 Å². The molecule has 9 heteroatoms. The van der Waals surface area contributed by atoms with Crippen LogP contribution in [0.4, 0.5) is 10.1 Å². The largest absolute Gasteiger partial charge is 0.325 e. The third kappa shape index (κ3) is 3.93. The standard InChI is InChI=1S/C14H17FN4O3S/c1-9-14(10(2)19(3)18-9)23(21,22)16-8-13(20)17-12-6-4-5-11(15)7-12/h4-7,16H,8H2,1-3H3,(H,17,20). The van der Waals surface area contributed by atoms with Crippen molar-refractivity contribution in [2.75, 3.05) is 11.9 Å². The summed E-state index contributed by atoms with van der Waals surface area (Å²) in [5.74, 6) is -1.09. The second-order valence-electron chi connectivity index (χ2n) is 5.01. The lowest BCUT2D eigenvalue weighted by molar-refractivity contribution is -0.115. The van der Waals surface area contributed by atoms with Gasteiger partial charge in [-0.25, -0.2) is 17.5 Å². The number of benzene rings is 1. The van der Waals surface area contributed by atoms with Crippen molar-refractivity contribution < 1.29 is 17.6 Å². The van der Waals surface area contributed by atoms with Gasteiger partial charge in [-0.05, 0) is 32.0 Å². The lowest BCUT2D eigenvalue weighted by Crippen LogP contribution is -2.33. The number of sulfonamides is 1. The highest BCUT2D eigenvalue weighted by atomic mass is 32.2. The maximum absolute atomic E-state index is 13.0. The Hall–Kier alpha value is -2.26. The summed E-state index contributed by atoms with van der Waals surface area (Å²) in [5, 5.41) is 6.45. The first-order valence-electron chi connectivity index (χ1n) is 6.76. The Kier molecular flexibility index (Phi) is 4.81. The second-order valence-corrected chi connectivity index (χ2v) is 6.71. The molecule has 0 aliphatic heterocycles. The van der Waals surface area contributed by atoms with Crippen LogP contribution in [-0.2, 0) is 21.9 Å². The van der Waals surface area contributed by atoms with Crippen LogP contribution in [0.3, 0.4) is 0 Å². The van der Waals surface area contributed by atoms with Crippen LogP contribution in [0, 0.1) is 19.7 Å². The molecule has 124 valence electrons. The molecular weight excluding hydrogens is 323 g/mol. The highest BCUT2D eigenvalue weighted by Crippen LogP contribution is 2.18. The van der Waals surface area contributed by atoms with Crippen LogP contribution in [-0.4, -0.2) is 30.7 Å². The van der Waals surface area contributed by atoms with Gasteiger partial charge in [-0.3, -0.25) is 9.48 Å². The average Bonchev–Trinajstić information content (AvgIpc) is 2.70. The average molecular weight is 340 g/mol. The molecule has 7 nitrogen and oxygen atoms in total. The number of nitrogens with zero attached hydrogens (tertiary/aromatic N) is 2. The number of amides is 1. The van der Waals surface area contributed by atoms with Gasteiger partial charge >= 0.3 is 0 Å². The predicted molar refractivity (Wildman–Crippen MR) is 82.9 cm³/mol. The van der Waals surface area contributed by atoms with Crippen molar-refractivity contribution in [3.05, 3.63) is 41.5 Å². The van der Waals surface area contributed by atoms with E-state index in [0.717, 1.165) is 6.07 Å². The summed E-state index contributed by atoms with van der Waals surface area (Å²) in [5.41, 5.74) is 1.08. The van der Waals surface area contributed by atoms with Crippen molar-refractivity contribution in [1.29, 1.82) is 0 Å². The summed E-state index contributed by atoms with van der Waals surface area (Å²) in [6.45, 7) is 2.74. The van der Waals surface area contributed by atoms with E-state index in [0.29, 0.717) is 11.4 Å². The molecule has 0 saturated heterocycles. The van der Waals surface area contributed by atoms with Gasteiger partial charge in [0.25, 0.3) is 0 Å². The maximum Gasteiger partial charge on any atom is 0.244 e. The van der Waals surface area contributed by atoms with Crippen molar-refractivity contribution in [3.63, 3.8) is 0 Å². The molecule has 0 bridgehead atoms. The molecule has 1 aromatic carbocycles. The summed E-state index contributed by atoms with van der Waals surface area (Å²) in [6, 6.07) is 5.33. The fourth-order valence-corrected chi connectivity index (χ4v) is 3.56. The van der Waals surface area contributed by atoms with Gasteiger partial charge in [-0.2, -0.15) is 5.10 Å². The molecule has 2 aromatic rings. The van der Waals surface area contributed by atoms with Gasteiger partial charge in [-0.15, -0.1) is 0 Å². The van der Waals surface area contributed by atoms with E-state index >= 15 is 0 Å². The zero-order valence-corrected chi connectivity index (χ0v) is 13.7. The van der Waals surface area contributed by atoms with Crippen molar-refractivity contribution in [2.45, 2.75) is 18.7 Å². The first-order valence-corrected chi connectivity index (χ1v) is 8.24. The Bertz CT molecular complexity index is 846. The quantitative estimate of drug-likeness (QED) is 0.852. The molecule has 0 aliphatic carbocycles. The zero-order chi connectivity index (χ0) is 17.2. The fourth-order valence-electron chi connectivity index (χ4n) is 2.15. The molecular formula is C14H17FN4O3S. The summed E-state index contributed by atoms with van der Waals surface area (Å²) in [4.78, 5) is 11.8. The predicted octanol–water partition coefficient (Wildman–Crippen LogP) is 1.09. The molecule has 0 saturated carbocycles. The number of hydrogen-bond acceptors (Lipinski definition) is 4. The van der Waals surface area contributed by atoms with Gasteiger partial charge < -0.3 is 5.32 Å². The molecule has 0 spiro atoms. The van der Waals surface area contributed by atoms with Crippen molar-refractivity contribution >= 4 is 21.6 Å². The maximum atomic E-state index is 13.0. The van der Waals surface area contributed by atoms with Gasteiger partial charge in [0.05, 0.1) is 17.9 Å². The lowest BCUT2D eigenvalue weighted by Gasteiger charge is -2.08. The Morgan fingerprint density at radius 1 is 1.35 bits per heavy atom. The molecule has 1 aromatic heterocycles. The van der Waals surface area contributed by atoms with Gasteiger partial charge in [-0.1, -0.05) is 6.07 Å². The Balaban J connectivity index is 2.06. The van der Waals surface area contributed by atoms with Crippen LogP contribution >= 0.6 is 0 Å². The Labute approximate surface area is 133 Å². The SMILES string of the molecule is Cc1nn(C)c(C)c1S(=O)(=O)NCC(=O)Nc1cccc(F)c1. The number of halogens is 1. The molecule has 23 heavy (non-hydrogen) atoms. The summed E-state index contributed by atoms with van der Waals surface area (Å²) in [6.07, 6.45) is 0.